The molecule has 0 spiro atoms. The van der Waals surface area contributed by atoms with Crippen molar-refractivity contribution in [2.75, 3.05) is 0 Å². The molecule has 0 bridgehead atoms. The van der Waals surface area contributed by atoms with Gasteiger partial charge in [-0.05, 0) is 127 Å². The van der Waals surface area contributed by atoms with Crippen LogP contribution < -0.4 is 13.9 Å². The van der Waals surface area contributed by atoms with Crippen LogP contribution in [0.15, 0.2) is 140 Å². The first-order chi connectivity index (χ1) is 34.2. The Balaban J connectivity index is 0.00000611. The number of quaternary nitrogens is 2. The second-order valence-corrected chi connectivity index (χ2v) is 23.6. The molecule has 0 N–H and O–H groups in total. The SMILES string of the molecule is Cc1cc(C(C)(C)C)cc(C)c1-c1ccnc(-n2c3[c-]c(Oc4[c-]c([N+]56[CH-][N@+]5(c5cccc(-c7c(C(C)C)cc(C(C)C)cc7C(C)C)c5)c5ccccc56)ccc4)ccc3c3c(C(C)(C)C)cccc32)c1.[Pt]. The van der Waals surface area contributed by atoms with E-state index < -0.39 is 0 Å². The average Bonchev–Trinajstić information content (AvgIpc) is 3.83. The molecular formula is C67H69N4OPt-. The number of ether oxygens (including phenoxy) is 1. The van der Waals surface area contributed by atoms with E-state index in [0.29, 0.717) is 38.4 Å². The zero-order chi connectivity index (χ0) is 50.8. The van der Waals surface area contributed by atoms with Crippen LogP contribution in [-0.2, 0) is 31.9 Å². The molecule has 11 rings (SSSR count). The predicted molar refractivity (Wildman–Crippen MR) is 303 cm³/mol. The van der Waals surface area contributed by atoms with Crippen molar-refractivity contribution < 1.29 is 25.8 Å². The van der Waals surface area contributed by atoms with Crippen LogP contribution in [-0.4, -0.2) is 9.55 Å². The van der Waals surface area contributed by atoms with Gasteiger partial charge in [-0.1, -0.05) is 155 Å². The van der Waals surface area contributed by atoms with Gasteiger partial charge in [0.15, 0.2) is 12.4 Å². The Morgan fingerprint density at radius 3 is 1.86 bits per heavy atom. The van der Waals surface area contributed by atoms with Crippen molar-refractivity contribution in [2.45, 2.75) is 126 Å². The number of para-hydroxylation sites is 2. The first-order valence-corrected chi connectivity index (χ1v) is 26.1. The van der Waals surface area contributed by atoms with Gasteiger partial charge in [0.05, 0.1) is 5.69 Å². The molecule has 7 aromatic carbocycles. The summed E-state index contributed by atoms with van der Waals surface area (Å²) in [6.45, 7) is 34.5. The van der Waals surface area contributed by atoms with E-state index in [1.54, 1.807) is 0 Å². The van der Waals surface area contributed by atoms with E-state index in [4.69, 9.17) is 9.72 Å². The van der Waals surface area contributed by atoms with Crippen molar-refractivity contribution in [3.05, 3.63) is 197 Å². The number of hydrogen-bond donors (Lipinski definition) is 0. The van der Waals surface area contributed by atoms with Gasteiger partial charge in [-0.3, -0.25) is 0 Å². The molecule has 2 aliphatic rings. The molecular weight excluding hydrogens is 1070 g/mol. The summed E-state index contributed by atoms with van der Waals surface area (Å²) < 4.78 is 10.3. The monoisotopic (exact) mass is 1140 g/mol. The molecule has 4 heterocycles. The van der Waals surface area contributed by atoms with Crippen LogP contribution >= 0.6 is 0 Å². The van der Waals surface area contributed by atoms with Gasteiger partial charge in [-0.15, -0.1) is 29.7 Å². The van der Waals surface area contributed by atoms with Gasteiger partial charge in [-0.25, -0.2) is 9.58 Å². The molecule has 0 aliphatic carbocycles. The fourth-order valence-electron chi connectivity index (χ4n) is 11.8. The second-order valence-electron chi connectivity index (χ2n) is 23.6. The van der Waals surface area contributed by atoms with Crippen molar-refractivity contribution in [1.82, 2.24) is 18.7 Å². The molecule has 1 fully saturated rings. The fourth-order valence-corrected chi connectivity index (χ4v) is 11.8. The van der Waals surface area contributed by atoms with E-state index in [2.05, 4.69) is 248 Å². The Bertz CT molecular complexity index is 3590. The molecule has 2 aliphatic heterocycles. The first kappa shape index (κ1) is 50.4. The number of rotatable bonds is 10. The fraction of sp³-hybridized carbons (Fsp3) is 0.284. The number of aromatic nitrogens is 2. The Labute approximate surface area is 448 Å². The molecule has 6 heteroatoms. The smallest absolute Gasteiger partial charge is 0.225 e. The molecule has 5 nitrogen and oxygen atoms in total. The summed E-state index contributed by atoms with van der Waals surface area (Å²) in [5.74, 6) is 3.34. The predicted octanol–water partition coefficient (Wildman–Crippen LogP) is 18.8. The van der Waals surface area contributed by atoms with Crippen molar-refractivity contribution in [2.24, 2.45) is 0 Å². The molecule has 2 aromatic heterocycles. The van der Waals surface area contributed by atoms with E-state index in [9.17, 15) is 0 Å². The van der Waals surface area contributed by atoms with E-state index in [1.807, 2.05) is 12.3 Å². The van der Waals surface area contributed by atoms with Crippen LogP contribution in [0.1, 0.15) is 140 Å². The van der Waals surface area contributed by atoms with Crippen LogP contribution in [0.25, 0.3) is 49.9 Å². The van der Waals surface area contributed by atoms with E-state index in [0.717, 1.165) is 33.5 Å². The average molecular weight is 1140 g/mol. The molecule has 2 atom stereocenters. The van der Waals surface area contributed by atoms with Crippen LogP contribution in [0, 0.1) is 32.6 Å². The summed E-state index contributed by atoms with van der Waals surface area (Å²) in [5, 5.41) is 2.33. The minimum Gasteiger partial charge on any atom is -0.509 e. The van der Waals surface area contributed by atoms with E-state index in [1.165, 1.54) is 78.1 Å². The molecule has 9 aromatic rings. The van der Waals surface area contributed by atoms with E-state index in [-0.39, 0.29) is 31.9 Å². The molecule has 0 saturated carbocycles. The Hall–Kier alpha value is -6.10. The largest absolute Gasteiger partial charge is 0.509 e. The molecule has 1 unspecified atom stereocenters. The van der Waals surface area contributed by atoms with Gasteiger partial charge in [0, 0.05) is 68.5 Å². The minimum atomic E-state index is -0.0959. The number of nitrogens with zero attached hydrogens (tertiary/aromatic N) is 4. The van der Waals surface area contributed by atoms with Gasteiger partial charge >= 0.3 is 0 Å². The van der Waals surface area contributed by atoms with Crippen molar-refractivity contribution >= 4 is 44.6 Å². The topological polar surface area (TPSA) is 27.1 Å². The first-order valence-electron chi connectivity index (χ1n) is 26.1. The third-order valence-electron chi connectivity index (χ3n) is 15.5. The second kappa shape index (κ2) is 18.1. The Kier molecular flexibility index (Phi) is 12.5. The molecule has 1 saturated heterocycles. The Morgan fingerprint density at radius 2 is 1.22 bits per heavy atom. The third-order valence-corrected chi connectivity index (χ3v) is 15.5. The van der Waals surface area contributed by atoms with Crippen molar-refractivity contribution in [3.63, 3.8) is 0 Å². The molecule has 374 valence electrons. The number of fused-ring (bicyclic) bond motifs is 7. The van der Waals surface area contributed by atoms with Gasteiger partial charge in [0.25, 0.3) is 0 Å². The Morgan fingerprint density at radius 1 is 0.589 bits per heavy atom. The molecule has 0 amide bonds. The molecule has 73 heavy (non-hydrogen) atoms. The van der Waals surface area contributed by atoms with Gasteiger partial charge in [0.1, 0.15) is 5.82 Å². The number of pyridine rings is 1. The normalized spacial score (nSPS) is 17.2. The summed E-state index contributed by atoms with van der Waals surface area (Å²) in [5.41, 5.74) is 21.2. The maximum atomic E-state index is 6.88. The minimum absolute atomic E-state index is 0. The quantitative estimate of drug-likeness (QED) is 0.0775. The van der Waals surface area contributed by atoms with Gasteiger partial charge in [0.2, 0.25) is 11.4 Å². The van der Waals surface area contributed by atoms with Crippen LogP contribution in [0.2, 0.25) is 0 Å². The van der Waals surface area contributed by atoms with Gasteiger partial charge < -0.3 is 9.30 Å². The zero-order valence-electron chi connectivity index (χ0n) is 45.1. The molecule has 0 radical (unpaired) electrons. The summed E-state index contributed by atoms with van der Waals surface area (Å²) >= 11 is 0. The number of benzene rings is 7. The summed E-state index contributed by atoms with van der Waals surface area (Å²) in [7, 11) is 0. The number of hydrogen-bond acceptors (Lipinski definition) is 2. The summed E-state index contributed by atoms with van der Waals surface area (Å²) in [4.78, 5) is 5.08. The summed E-state index contributed by atoms with van der Waals surface area (Å²) in [6.07, 6.45) is 1.95. The number of aryl methyl sites for hydroxylation is 2. The summed E-state index contributed by atoms with van der Waals surface area (Å²) in [6, 6.07) is 57.0. The standard InChI is InChI=1S/C67H69N4O.Pt/c1-41(2)48-35-55(42(3)4)64(56(36-48)43(5)6)46-20-17-21-50(34-46)70-40-71(70,61-27-16-15-26-60(61)70)51-22-18-23-52(38-51)72-53-28-29-54-59(39-53)69(58-25-19-24-57(65(54)58)67(12,13)14)62-37-47(30-31-68-62)63-44(7)32-49(33-45(63)8)66(9,10)11;/h15-37,40-43H,1-14H3;/q-1;/t70-,71?;/m0./s1. The van der Waals surface area contributed by atoms with Crippen LogP contribution in [0.4, 0.5) is 22.7 Å². The van der Waals surface area contributed by atoms with Crippen molar-refractivity contribution in [3.8, 4) is 39.6 Å². The van der Waals surface area contributed by atoms with Gasteiger partial charge in [-0.2, -0.15) is 16.7 Å². The van der Waals surface area contributed by atoms with Crippen LogP contribution in [0.5, 0.6) is 11.5 Å². The van der Waals surface area contributed by atoms with E-state index >= 15 is 0 Å². The van der Waals surface area contributed by atoms with Crippen molar-refractivity contribution in [1.29, 1.82) is 0 Å². The third kappa shape index (κ3) is 8.04. The zero-order valence-corrected chi connectivity index (χ0v) is 47.4. The van der Waals surface area contributed by atoms with Crippen LogP contribution in [0.3, 0.4) is 0 Å². The maximum absolute atomic E-state index is 6.88. The maximum Gasteiger partial charge on any atom is 0.225 e.